The van der Waals surface area contributed by atoms with Gasteiger partial charge in [0, 0.05) is 36.9 Å². The smallest absolute Gasteiger partial charge is 0.352 e. The fraction of sp³-hybridized carbons (Fsp3) is 0.304. The molecule has 1 saturated heterocycles. The zero-order chi connectivity index (χ0) is 22.9. The second-order valence-electron chi connectivity index (χ2n) is 7.97. The number of alkyl halides is 3. The largest absolute Gasteiger partial charge is 0.416 e. The van der Waals surface area contributed by atoms with E-state index in [1.165, 1.54) is 12.1 Å². The lowest BCUT2D eigenvalue weighted by molar-refractivity contribution is -0.137. The van der Waals surface area contributed by atoms with E-state index in [0.29, 0.717) is 17.3 Å². The molecule has 5 nitrogen and oxygen atoms in total. The van der Waals surface area contributed by atoms with Crippen molar-refractivity contribution in [1.29, 1.82) is 0 Å². The Morgan fingerprint density at radius 1 is 1.09 bits per heavy atom. The van der Waals surface area contributed by atoms with Crippen molar-refractivity contribution in [2.75, 3.05) is 27.2 Å². The molecule has 4 rings (SSSR count). The molecule has 1 aromatic carbocycles. The molecule has 2 unspecified atom stereocenters. The summed E-state index contributed by atoms with van der Waals surface area (Å²) in [4.78, 5) is 8.68. The van der Waals surface area contributed by atoms with Crippen LogP contribution in [0.4, 0.5) is 13.2 Å². The molecular formula is C23H24F3N5S. The summed E-state index contributed by atoms with van der Waals surface area (Å²) >= 11 is 5.66. The summed E-state index contributed by atoms with van der Waals surface area (Å²) in [7, 11) is 3.98. The zero-order valence-electron chi connectivity index (χ0n) is 17.8. The number of benzene rings is 1. The maximum atomic E-state index is 13.3. The lowest BCUT2D eigenvalue weighted by atomic mass is 10.0. The number of hydrogen-bond acceptors (Lipinski definition) is 3. The third-order valence-electron chi connectivity index (χ3n) is 5.52. The Morgan fingerprint density at radius 2 is 1.91 bits per heavy atom. The molecule has 1 aliphatic heterocycles. The third kappa shape index (κ3) is 4.49. The molecule has 9 heteroatoms. The van der Waals surface area contributed by atoms with E-state index in [1.54, 1.807) is 23.0 Å². The normalized spacial score (nSPS) is 18.9. The first kappa shape index (κ1) is 22.3. The Morgan fingerprint density at radius 3 is 2.59 bits per heavy atom. The average molecular weight is 460 g/mol. The highest BCUT2D eigenvalue weighted by molar-refractivity contribution is 7.80. The van der Waals surface area contributed by atoms with E-state index >= 15 is 0 Å². The van der Waals surface area contributed by atoms with E-state index in [1.807, 2.05) is 44.4 Å². The van der Waals surface area contributed by atoms with E-state index in [4.69, 9.17) is 12.2 Å². The molecule has 168 valence electrons. The molecule has 0 bridgehead atoms. The second kappa shape index (κ2) is 8.91. The zero-order valence-corrected chi connectivity index (χ0v) is 18.6. The van der Waals surface area contributed by atoms with Gasteiger partial charge in [0.15, 0.2) is 5.11 Å². The first-order valence-corrected chi connectivity index (χ1v) is 10.6. The molecule has 3 aromatic rings. The Balaban J connectivity index is 1.78. The monoisotopic (exact) mass is 459 g/mol. The van der Waals surface area contributed by atoms with Gasteiger partial charge in [-0.25, -0.2) is 0 Å². The first-order valence-electron chi connectivity index (χ1n) is 10.2. The number of rotatable bonds is 6. The van der Waals surface area contributed by atoms with Gasteiger partial charge in [0.1, 0.15) is 0 Å². The summed E-state index contributed by atoms with van der Waals surface area (Å²) in [6.45, 7) is 1.44. The molecule has 3 heterocycles. The van der Waals surface area contributed by atoms with Gasteiger partial charge in [-0.15, -0.1) is 0 Å². The molecule has 0 spiro atoms. The van der Waals surface area contributed by atoms with Crippen LogP contribution >= 0.6 is 12.2 Å². The summed E-state index contributed by atoms with van der Waals surface area (Å²) < 4.78 is 41.8. The standard InChI is InChI=1S/C23H24F3N5S/c1-29(2)13-14-31-21(20(28-22(31)32)18-9-3-4-11-27-18)19-10-6-12-30(19)17-8-5-7-16(15-17)23(24,25)26/h3-12,15,20-21H,13-14H2,1-2H3,(H,28,32). The first-order chi connectivity index (χ1) is 15.3. The Bertz CT molecular complexity index is 1080. The van der Waals surface area contributed by atoms with E-state index < -0.39 is 11.7 Å². The molecule has 0 saturated carbocycles. The average Bonchev–Trinajstić information content (AvgIpc) is 3.36. The molecule has 0 amide bonds. The molecular weight excluding hydrogens is 435 g/mol. The Hall–Kier alpha value is -2.91. The number of thiocarbonyl (C=S) groups is 1. The Kier molecular flexibility index (Phi) is 6.21. The molecule has 2 atom stereocenters. The quantitative estimate of drug-likeness (QED) is 0.552. The lowest BCUT2D eigenvalue weighted by Crippen LogP contribution is -2.36. The van der Waals surface area contributed by atoms with Gasteiger partial charge in [-0.3, -0.25) is 4.98 Å². The number of hydrogen-bond donors (Lipinski definition) is 1. The number of aromatic nitrogens is 2. The van der Waals surface area contributed by atoms with E-state index in [2.05, 4.69) is 20.1 Å². The van der Waals surface area contributed by atoms with E-state index in [-0.39, 0.29) is 12.1 Å². The summed E-state index contributed by atoms with van der Waals surface area (Å²) in [6.07, 6.45) is -0.898. The minimum absolute atomic E-state index is 0.231. The SMILES string of the molecule is CN(C)CCN1C(=S)NC(c2ccccn2)C1c1cccn1-c1cccc(C(F)(F)F)c1. The van der Waals surface area contributed by atoms with Crippen LogP contribution in [-0.2, 0) is 6.18 Å². The van der Waals surface area contributed by atoms with Gasteiger partial charge in [0.25, 0.3) is 0 Å². The molecule has 0 radical (unpaired) electrons. The molecule has 1 fully saturated rings. The molecule has 1 aliphatic rings. The van der Waals surface area contributed by atoms with Crippen molar-refractivity contribution < 1.29 is 13.2 Å². The molecule has 0 aliphatic carbocycles. The molecule has 2 aromatic heterocycles. The predicted molar refractivity (Wildman–Crippen MR) is 121 cm³/mol. The van der Waals surface area contributed by atoms with Gasteiger partial charge < -0.3 is 19.7 Å². The van der Waals surface area contributed by atoms with Crippen LogP contribution in [0.15, 0.2) is 67.0 Å². The van der Waals surface area contributed by atoms with Crippen LogP contribution in [0.2, 0.25) is 0 Å². The van der Waals surface area contributed by atoms with Crippen molar-refractivity contribution in [3.63, 3.8) is 0 Å². The van der Waals surface area contributed by atoms with Crippen LogP contribution < -0.4 is 5.32 Å². The highest BCUT2D eigenvalue weighted by Gasteiger charge is 2.41. The van der Waals surface area contributed by atoms with Crippen molar-refractivity contribution in [3.8, 4) is 5.69 Å². The lowest BCUT2D eigenvalue weighted by Gasteiger charge is -2.30. The molecule has 1 N–H and O–H groups in total. The van der Waals surface area contributed by atoms with Crippen LogP contribution in [-0.4, -0.2) is 51.6 Å². The van der Waals surface area contributed by atoms with Crippen molar-refractivity contribution in [1.82, 2.24) is 24.7 Å². The summed E-state index contributed by atoms with van der Waals surface area (Å²) in [5.41, 5.74) is 1.43. The Labute approximate surface area is 190 Å². The van der Waals surface area contributed by atoms with Gasteiger partial charge in [-0.1, -0.05) is 12.1 Å². The topological polar surface area (TPSA) is 36.3 Å². The minimum Gasteiger partial charge on any atom is -0.352 e. The number of nitrogens with zero attached hydrogens (tertiary/aromatic N) is 4. The second-order valence-corrected chi connectivity index (χ2v) is 8.36. The maximum Gasteiger partial charge on any atom is 0.416 e. The number of likely N-dealkylation sites (N-methyl/N-ethyl adjacent to an activating group) is 1. The van der Waals surface area contributed by atoms with Crippen LogP contribution in [0.5, 0.6) is 0 Å². The van der Waals surface area contributed by atoms with Crippen LogP contribution in [0.1, 0.15) is 29.0 Å². The van der Waals surface area contributed by atoms with E-state index in [0.717, 1.165) is 24.0 Å². The van der Waals surface area contributed by atoms with Crippen LogP contribution in [0, 0.1) is 0 Å². The summed E-state index contributed by atoms with van der Waals surface area (Å²) in [5.74, 6) is 0. The van der Waals surface area contributed by atoms with Crippen molar-refractivity contribution in [3.05, 3.63) is 83.9 Å². The predicted octanol–water partition coefficient (Wildman–Crippen LogP) is 4.43. The summed E-state index contributed by atoms with van der Waals surface area (Å²) in [5, 5.41) is 3.98. The fourth-order valence-electron chi connectivity index (χ4n) is 3.98. The van der Waals surface area contributed by atoms with Crippen LogP contribution in [0.25, 0.3) is 5.69 Å². The van der Waals surface area contributed by atoms with Gasteiger partial charge in [0.05, 0.1) is 23.3 Å². The highest BCUT2D eigenvalue weighted by atomic mass is 32.1. The van der Waals surface area contributed by atoms with Gasteiger partial charge >= 0.3 is 6.18 Å². The fourth-order valence-corrected chi connectivity index (χ4v) is 4.31. The number of nitrogens with one attached hydrogen (secondary N) is 1. The van der Waals surface area contributed by atoms with Crippen molar-refractivity contribution in [2.24, 2.45) is 0 Å². The van der Waals surface area contributed by atoms with E-state index in [9.17, 15) is 13.2 Å². The minimum atomic E-state index is -4.41. The number of pyridine rings is 1. The third-order valence-corrected chi connectivity index (χ3v) is 5.87. The summed E-state index contributed by atoms with van der Waals surface area (Å²) in [6, 6.07) is 14.4. The highest BCUT2D eigenvalue weighted by Crippen LogP contribution is 2.40. The molecule has 32 heavy (non-hydrogen) atoms. The van der Waals surface area contributed by atoms with Gasteiger partial charge in [-0.05, 0) is 68.8 Å². The van der Waals surface area contributed by atoms with Crippen molar-refractivity contribution >= 4 is 17.3 Å². The van der Waals surface area contributed by atoms with Crippen molar-refractivity contribution in [2.45, 2.75) is 18.3 Å². The number of halogens is 3. The van der Waals surface area contributed by atoms with Gasteiger partial charge in [0.2, 0.25) is 0 Å². The van der Waals surface area contributed by atoms with Gasteiger partial charge in [-0.2, -0.15) is 13.2 Å². The maximum absolute atomic E-state index is 13.3. The van der Waals surface area contributed by atoms with Crippen LogP contribution in [0.3, 0.4) is 0 Å².